The third kappa shape index (κ3) is 7.82. The van der Waals surface area contributed by atoms with Crippen LogP contribution in [0.4, 0.5) is 0 Å². The Kier molecular flexibility index (Phi) is 8.43. The van der Waals surface area contributed by atoms with Gasteiger partial charge in [-0.1, -0.05) is 41.9 Å². The molecule has 0 unspecified atom stereocenters. The molecule has 2 rings (SSSR count). The van der Waals surface area contributed by atoms with Gasteiger partial charge in [-0.15, -0.1) is 11.8 Å². The normalized spacial score (nSPS) is 10.5. The Hall–Kier alpha value is -1.10. The molecule has 0 bridgehead atoms. The van der Waals surface area contributed by atoms with Gasteiger partial charge in [0, 0.05) is 40.1 Å². The zero-order chi connectivity index (χ0) is 16.3. The molecule has 0 atom stereocenters. The quantitative estimate of drug-likeness (QED) is 0.507. The summed E-state index contributed by atoms with van der Waals surface area (Å²) in [6.45, 7) is 0.715. The molecule has 23 heavy (non-hydrogen) atoms. The summed E-state index contributed by atoms with van der Waals surface area (Å²) in [5.41, 5.74) is 1.25. The smallest absolute Gasteiger partial charge is 0.220 e. The maximum atomic E-state index is 11.8. The van der Waals surface area contributed by atoms with Crippen LogP contribution in [0.5, 0.6) is 0 Å². The minimum atomic E-state index is 0.125. The fourth-order valence-electron chi connectivity index (χ4n) is 1.90. The van der Waals surface area contributed by atoms with Crippen molar-refractivity contribution < 1.29 is 4.79 Å². The van der Waals surface area contributed by atoms with Crippen LogP contribution in [0.15, 0.2) is 59.5 Å². The Morgan fingerprint density at radius 3 is 2.48 bits per heavy atom. The minimum Gasteiger partial charge on any atom is -0.355 e. The van der Waals surface area contributed by atoms with Gasteiger partial charge in [-0.05, 0) is 29.8 Å². The van der Waals surface area contributed by atoms with E-state index >= 15 is 0 Å². The van der Waals surface area contributed by atoms with Crippen LogP contribution in [0.25, 0.3) is 0 Å². The van der Waals surface area contributed by atoms with Gasteiger partial charge in [0.2, 0.25) is 5.91 Å². The predicted octanol–water partition coefficient (Wildman–Crippen LogP) is 4.87. The highest BCUT2D eigenvalue weighted by Crippen LogP contribution is 2.17. The molecule has 0 aliphatic rings. The molecule has 2 nitrogen and oxygen atoms in total. The number of hydrogen-bond donors (Lipinski definition) is 1. The van der Waals surface area contributed by atoms with Crippen molar-refractivity contribution in [3.05, 3.63) is 65.2 Å². The molecular weight excluding hydrogens is 346 g/mol. The van der Waals surface area contributed by atoms with E-state index in [-0.39, 0.29) is 5.91 Å². The number of rotatable bonds is 9. The van der Waals surface area contributed by atoms with Gasteiger partial charge >= 0.3 is 0 Å². The fourth-order valence-corrected chi connectivity index (χ4v) is 3.72. The van der Waals surface area contributed by atoms with Crippen LogP contribution in [-0.2, 0) is 10.5 Å². The molecule has 122 valence electrons. The molecule has 2 aromatic carbocycles. The van der Waals surface area contributed by atoms with E-state index < -0.39 is 0 Å². The molecule has 0 aliphatic heterocycles. The molecule has 5 heteroatoms. The molecule has 0 spiro atoms. The topological polar surface area (TPSA) is 29.1 Å². The first kappa shape index (κ1) is 18.2. The highest BCUT2D eigenvalue weighted by Gasteiger charge is 2.01. The minimum absolute atomic E-state index is 0.125. The van der Waals surface area contributed by atoms with Crippen LogP contribution in [0, 0.1) is 0 Å². The van der Waals surface area contributed by atoms with Crippen molar-refractivity contribution in [2.24, 2.45) is 0 Å². The Morgan fingerprint density at radius 1 is 1.00 bits per heavy atom. The summed E-state index contributed by atoms with van der Waals surface area (Å²) in [5, 5.41) is 3.73. The monoisotopic (exact) mass is 365 g/mol. The SMILES string of the molecule is O=C(CCSc1ccccc1)NCCSCc1ccc(Cl)cc1. The van der Waals surface area contributed by atoms with Crippen molar-refractivity contribution in [2.75, 3.05) is 18.1 Å². The summed E-state index contributed by atoms with van der Waals surface area (Å²) < 4.78 is 0. The number of thioether (sulfide) groups is 2. The second kappa shape index (κ2) is 10.6. The standard InChI is InChI=1S/C18H20ClNOS2/c19-16-8-6-15(7-9-16)14-22-13-11-20-18(21)10-12-23-17-4-2-1-3-5-17/h1-9H,10-14H2,(H,20,21). The predicted molar refractivity (Wildman–Crippen MR) is 102 cm³/mol. The van der Waals surface area contributed by atoms with Gasteiger partial charge < -0.3 is 5.32 Å². The lowest BCUT2D eigenvalue weighted by atomic mass is 10.2. The first-order valence-corrected chi connectivity index (χ1v) is 10.0. The summed E-state index contributed by atoms with van der Waals surface area (Å²) in [5.74, 6) is 2.80. The number of hydrogen-bond acceptors (Lipinski definition) is 3. The molecule has 0 saturated carbocycles. The number of benzene rings is 2. The van der Waals surface area contributed by atoms with Gasteiger partial charge in [-0.3, -0.25) is 4.79 Å². The van der Waals surface area contributed by atoms with Crippen LogP contribution in [-0.4, -0.2) is 24.0 Å². The van der Waals surface area contributed by atoms with Gasteiger partial charge in [0.05, 0.1) is 0 Å². The maximum Gasteiger partial charge on any atom is 0.220 e. The highest BCUT2D eigenvalue weighted by molar-refractivity contribution is 7.99. The van der Waals surface area contributed by atoms with Crippen molar-refractivity contribution in [3.63, 3.8) is 0 Å². The van der Waals surface area contributed by atoms with Gasteiger partial charge in [-0.2, -0.15) is 11.8 Å². The first-order valence-electron chi connectivity index (χ1n) is 7.51. The number of amides is 1. The summed E-state index contributed by atoms with van der Waals surface area (Å²) in [4.78, 5) is 13.0. The van der Waals surface area contributed by atoms with E-state index in [2.05, 4.69) is 17.4 Å². The number of halogens is 1. The van der Waals surface area contributed by atoms with E-state index in [0.717, 1.165) is 22.3 Å². The molecule has 0 radical (unpaired) electrons. The van der Waals surface area contributed by atoms with Crippen molar-refractivity contribution in [1.82, 2.24) is 5.32 Å². The molecule has 1 amide bonds. The second-order valence-electron chi connectivity index (χ2n) is 4.94. The average Bonchev–Trinajstić information content (AvgIpc) is 2.57. The number of carbonyl (C=O) groups excluding carboxylic acids is 1. The first-order chi connectivity index (χ1) is 11.2. The summed E-state index contributed by atoms with van der Waals surface area (Å²) in [6, 6.07) is 18.0. The number of carbonyl (C=O) groups is 1. The molecule has 0 heterocycles. The van der Waals surface area contributed by atoms with E-state index in [9.17, 15) is 4.79 Å². The van der Waals surface area contributed by atoms with Crippen LogP contribution in [0.3, 0.4) is 0 Å². The lowest BCUT2D eigenvalue weighted by molar-refractivity contribution is -0.120. The van der Waals surface area contributed by atoms with E-state index in [1.807, 2.05) is 54.2 Å². The Labute approximate surface area is 151 Å². The summed E-state index contributed by atoms with van der Waals surface area (Å²) in [7, 11) is 0. The summed E-state index contributed by atoms with van der Waals surface area (Å²) in [6.07, 6.45) is 0.557. The molecule has 1 N–H and O–H groups in total. The third-order valence-corrected chi connectivity index (χ3v) is 5.39. The van der Waals surface area contributed by atoms with Crippen LogP contribution in [0.1, 0.15) is 12.0 Å². The molecule has 0 fully saturated rings. The highest BCUT2D eigenvalue weighted by atomic mass is 35.5. The van der Waals surface area contributed by atoms with Gasteiger partial charge in [-0.25, -0.2) is 0 Å². The lowest BCUT2D eigenvalue weighted by Gasteiger charge is -2.06. The Morgan fingerprint density at radius 2 is 1.74 bits per heavy atom. The third-order valence-electron chi connectivity index (χ3n) is 3.09. The average molecular weight is 366 g/mol. The van der Waals surface area contributed by atoms with Gasteiger partial charge in [0.15, 0.2) is 0 Å². The molecule has 0 aliphatic carbocycles. The van der Waals surface area contributed by atoms with Crippen LogP contribution >= 0.6 is 35.1 Å². The Balaban J connectivity index is 1.50. The van der Waals surface area contributed by atoms with Gasteiger partial charge in [0.25, 0.3) is 0 Å². The van der Waals surface area contributed by atoms with Crippen molar-refractivity contribution in [1.29, 1.82) is 0 Å². The van der Waals surface area contributed by atoms with Crippen molar-refractivity contribution in [2.45, 2.75) is 17.1 Å². The zero-order valence-electron chi connectivity index (χ0n) is 12.8. The molecule has 0 saturated heterocycles. The molecular formula is C18H20ClNOS2. The lowest BCUT2D eigenvalue weighted by Crippen LogP contribution is -2.25. The molecule has 0 aromatic heterocycles. The maximum absolute atomic E-state index is 11.8. The van der Waals surface area contributed by atoms with E-state index in [4.69, 9.17) is 11.6 Å². The zero-order valence-corrected chi connectivity index (χ0v) is 15.2. The largest absolute Gasteiger partial charge is 0.355 e. The summed E-state index contributed by atoms with van der Waals surface area (Å²) >= 11 is 9.38. The van der Waals surface area contributed by atoms with Crippen molar-refractivity contribution >= 4 is 41.0 Å². The van der Waals surface area contributed by atoms with Crippen molar-refractivity contribution in [3.8, 4) is 0 Å². The van der Waals surface area contributed by atoms with E-state index in [1.54, 1.807) is 11.8 Å². The fraction of sp³-hybridized carbons (Fsp3) is 0.278. The number of nitrogens with one attached hydrogen (secondary N) is 1. The van der Waals surface area contributed by atoms with Crippen LogP contribution < -0.4 is 5.32 Å². The van der Waals surface area contributed by atoms with Gasteiger partial charge in [0.1, 0.15) is 0 Å². The van der Waals surface area contributed by atoms with E-state index in [0.29, 0.717) is 13.0 Å². The van der Waals surface area contributed by atoms with Crippen LogP contribution in [0.2, 0.25) is 5.02 Å². The molecule has 2 aromatic rings. The Bertz CT molecular complexity index is 590. The second-order valence-corrected chi connectivity index (χ2v) is 7.65. The van der Waals surface area contributed by atoms with E-state index in [1.165, 1.54) is 10.5 Å².